The number of hydrogen-bond acceptors (Lipinski definition) is 4. The maximum absolute atomic E-state index is 12.2. The Bertz CT molecular complexity index is 552. The van der Waals surface area contributed by atoms with E-state index in [1.165, 1.54) is 0 Å². The first-order valence-corrected chi connectivity index (χ1v) is 7.85. The van der Waals surface area contributed by atoms with Crippen LogP contribution in [0, 0.1) is 5.92 Å². The molecule has 6 heteroatoms. The van der Waals surface area contributed by atoms with Gasteiger partial charge in [-0.2, -0.15) is 0 Å². The molecule has 0 radical (unpaired) electrons. The minimum absolute atomic E-state index is 0.102. The number of ether oxygens (including phenoxy) is 2. The van der Waals surface area contributed by atoms with Gasteiger partial charge in [-0.25, -0.2) is 4.79 Å². The lowest BCUT2D eigenvalue weighted by Crippen LogP contribution is -2.44. The van der Waals surface area contributed by atoms with Crippen molar-refractivity contribution in [1.29, 1.82) is 0 Å². The predicted molar refractivity (Wildman–Crippen MR) is 84.6 cm³/mol. The van der Waals surface area contributed by atoms with Crippen LogP contribution < -0.4 is 10.1 Å². The van der Waals surface area contributed by atoms with Gasteiger partial charge in [0.2, 0.25) is 0 Å². The van der Waals surface area contributed by atoms with E-state index in [1.807, 2.05) is 0 Å². The molecule has 2 N–H and O–H groups in total. The molecular formula is C17H23NO5. The predicted octanol–water partition coefficient (Wildman–Crippen LogP) is 2.08. The van der Waals surface area contributed by atoms with Crippen molar-refractivity contribution >= 4 is 11.9 Å². The number of carboxylic acid groups (broad SMARTS) is 1. The summed E-state index contributed by atoms with van der Waals surface area (Å²) in [5.41, 5.74) is 0.377. The van der Waals surface area contributed by atoms with E-state index in [4.69, 9.17) is 14.6 Å². The van der Waals surface area contributed by atoms with E-state index >= 15 is 0 Å². The number of amides is 1. The van der Waals surface area contributed by atoms with Crippen molar-refractivity contribution in [2.75, 3.05) is 13.2 Å². The van der Waals surface area contributed by atoms with Crippen LogP contribution in [0.5, 0.6) is 5.75 Å². The second-order valence-corrected chi connectivity index (χ2v) is 6.01. The first-order valence-electron chi connectivity index (χ1n) is 7.85. The molecule has 23 heavy (non-hydrogen) atoms. The van der Waals surface area contributed by atoms with Crippen LogP contribution in [0.1, 0.15) is 37.0 Å². The fraction of sp³-hybridized carbons (Fsp3) is 0.529. The van der Waals surface area contributed by atoms with Gasteiger partial charge in [-0.1, -0.05) is 19.9 Å². The lowest BCUT2D eigenvalue weighted by atomic mass is 10.0. The van der Waals surface area contributed by atoms with Crippen LogP contribution in [0.25, 0.3) is 0 Å². The number of rotatable bonds is 7. The van der Waals surface area contributed by atoms with Crippen LogP contribution in [0.4, 0.5) is 0 Å². The summed E-state index contributed by atoms with van der Waals surface area (Å²) in [6, 6.07) is 5.81. The van der Waals surface area contributed by atoms with E-state index in [2.05, 4.69) is 5.32 Å². The molecule has 1 fully saturated rings. The van der Waals surface area contributed by atoms with Crippen LogP contribution in [0.3, 0.4) is 0 Å². The van der Waals surface area contributed by atoms with Crippen LogP contribution >= 0.6 is 0 Å². The topological polar surface area (TPSA) is 84.9 Å². The number of nitrogens with one attached hydrogen (secondary N) is 1. The van der Waals surface area contributed by atoms with Crippen molar-refractivity contribution in [3.8, 4) is 5.75 Å². The van der Waals surface area contributed by atoms with E-state index in [1.54, 1.807) is 38.1 Å². The van der Waals surface area contributed by atoms with Crippen molar-refractivity contribution in [3.63, 3.8) is 0 Å². The van der Waals surface area contributed by atoms with Gasteiger partial charge in [0.15, 0.2) is 0 Å². The maximum atomic E-state index is 12.2. The highest BCUT2D eigenvalue weighted by Gasteiger charge is 2.24. The molecule has 0 saturated carbocycles. The molecule has 1 aliphatic rings. The van der Waals surface area contributed by atoms with Gasteiger partial charge in [-0.05, 0) is 37.0 Å². The molecule has 0 aliphatic carbocycles. The standard InChI is InChI=1S/C17H23NO5/c1-11(2)15(17(20)21)18-16(19)12-5-3-6-13(9-12)23-10-14-7-4-8-22-14/h3,5-6,9,11,14-15H,4,7-8,10H2,1-2H3,(H,18,19)(H,20,21). The molecule has 1 saturated heterocycles. The van der Waals surface area contributed by atoms with Crippen LogP contribution in [0.2, 0.25) is 0 Å². The fourth-order valence-corrected chi connectivity index (χ4v) is 2.43. The first kappa shape index (κ1) is 17.3. The summed E-state index contributed by atoms with van der Waals surface area (Å²) in [7, 11) is 0. The van der Waals surface area contributed by atoms with E-state index in [0.29, 0.717) is 17.9 Å². The zero-order valence-electron chi connectivity index (χ0n) is 13.5. The Balaban J connectivity index is 1.97. The molecule has 1 heterocycles. The molecule has 1 aliphatic heterocycles. The van der Waals surface area contributed by atoms with Crippen molar-refractivity contribution in [2.45, 2.75) is 38.8 Å². The molecule has 0 bridgehead atoms. The Morgan fingerprint density at radius 2 is 2.22 bits per heavy atom. The lowest BCUT2D eigenvalue weighted by Gasteiger charge is -2.18. The quantitative estimate of drug-likeness (QED) is 0.803. The third kappa shape index (κ3) is 4.96. The minimum Gasteiger partial charge on any atom is -0.491 e. The molecule has 1 aromatic carbocycles. The Kier molecular flexibility index (Phi) is 5.98. The van der Waals surface area contributed by atoms with Crippen LogP contribution in [0.15, 0.2) is 24.3 Å². The largest absolute Gasteiger partial charge is 0.491 e. The summed E-state index contributed by atoms with van der Waals surface area (Å²) in [6.45, 7) is 4.72. The average molecular weight is 321 g/mol. The van der Waals surface area contributed by atoms with E-state index in [9.17, 15) is 9.59 Å². The van der Waals surface area contributed by atoms with Crippen molar-refractivity contribution in [2.24, 2.45) is 5.92 Å². The first-order chi connectivity index (χ1) is 11.0. The van der Waals surface area contributed by atoms with Crippen LogP contribution in [-0.2, 0) is 9.53 Å². The van der Waals surface area contributed by atoms with Gasteiger partial charge in [0, 0.05) is 12.2 Å². The normalized spacial score (nSPS) is 18.7. The highest BCUT2D eigenvalue weighted by atomic mass is 16.5. The highest BCUT2D eigenvalue weighted by Crippen LogP contribution is 2.17. The molecule has 2 atom stereocenters. The highest BCUT2D eigenvalue weighted by molar-refractivity contribution is 5.96. The SMILES string of the molecule is CC(C)C(NC(=O)c1cccc(OCC2CCCO2)c1)C(=O)O. The van der Waals surface area contributed by atoms with Gasteiger partial charge in [0.25, 0.3) is 5.91 Å². The summed E-state index contributed by atoms with van der Waals surface area (Å²) in [4.78, 5) is 23.4. The zero-order chi connectivity index (χ0) is 16.8. The number of benzene rings is 1. The number of hydrogen-bond donors (Lipinski definition) is 2. The van der Waals surface area contributed by atoms with Gasteiger partial charge < -0.3 is 19.9 Å². The third-order valence-electron chi connectivity index (χ3n) is 3.78. The fourth-order valence-electron chi connectivity index (χ4n) is 2.43. The minimum atomic E-state index is -1.04. The Morgan fingerprint density at radius 1 is 1.43 bits per heavy atom. The molecule has 1 aromatic rings. The maximum Gasteiger partial charge on any atom is 0.326 e. The lowest BCUT2D eigenvalue weighted by molar-refractivity contribution is -0.140. The van der Waals surface area contributed by atoms with Gasteiger partial charge in [-0.15, -0.1) is 0 Å². The Morgan fingerprint density at radius 3 is 2.83 bits per heavy atom. The Hall–Kier alpha value is -2.08. The van der Waals surface area contributed by atoms with Gasteiger partial charge in [0.05, 0.1) is 6.10 Å². The van der Waals surface area contributed by atoms with E-state index in [-0.39, 0.29) is 12.0 Å². The van der Waals surface area contributed by atoms with Crippen molar-refractivity contribution in [1.82, 2.24) is 5.32 Å². The molecule has 126 valence electrons. The summed E-state index contributed by atoms with van der Waals surface area (Å²) in [5.74, 6) is -1.09. The summed E-state index contributed by atoms with van der Waals surface area (Å²) in [6.07, 6.45) is 2.13. The number of carbonyl (C=O) groups excluding carboxylic acids is 1. The summed E-state index contributed by atoms with van der Waals surface area (Å²) < 4.78 is 11.1. The Labute approximate surface area is 135 Å². The molecule has 1 amide bonds. The van der Waals surface area contributed by atoms with Gasteiger partial charge in [0.1, 0.15) is 18.4 Å². The van der Waals surface area contributed by atoms with E-state index < -0.39 is 17.9 Å². The van der Waals surface area contributed by atoms with E-state index in [0.717, 1.165) is 19.4 Å². The van der Waals surface area contributed by atoms with Gasteiger partial charge >= 0.3 is 5.97 Å². The molecule has 2 unspecified atom stereocenters. The second kappa shape index (κ2) is 7.97. The van der Waals surface area contributed by atoms with Crippen molar-refractivity contribution < 1.29 is 24.2 Å². The molecule has 6 nitrogen and oxygen atoms in total. The molecular weight excluding hydrogens is 298 g/mol. The van der Waals surface area contributed by atoms with Crippen LogP contribution in [-0.4, -0.2) is 42.3 Å². The molecule has 2 rings (SSSR count). The smallest absolute Gasteiger partial charge is 0.326 e. The summed E-state index contributed by atoms with van der Waals surface area (Å²) >= 11 is 0. The summed E-state index contributed by atoms with van der Waals surface area (Å²) in [5, 5.41) is 11.7. The van der Waals surface area contributed by atoms with Crippen molar-refractivity contribution in [3.05, 3.63) is 29.8 Å². The van der Waals surface area contributed by atoms with Gasteiger partial charge in [-0.3, -0.25) is 4.79 Å². The zero-order valence-corrected chi connectivity index (χ0v) is 13.5. The third-order valence-corrected chi connectivity index (χ3v) is 3.78. The molecule has 0 aromatic heterocycles. The monoisotopic (exact) mass is 321 g/mol. The second-order valence-electron chi connectivity index (χ2n) is 6.01. The molecule has 0 spiro atoms. The number of aliphatic carboxylic acids is 1. The number of carboxylic acids is 1. The number of carbonyl (C=O) groups is 2. The average Bonchev–Trinajstić information content (AvgIpc) is 3.03.